The minimum atomic E-state index is -0.138. The second-order valence-electron chi connectivity index (χ2n) is 6.17. The van der Waals surface area contributed by atoms with E-state index in [1.165, 1.54) is 0 Å². The Morgan fingerprint density at radius 2 is 1.85 bits per heavy atom. The van der Waals surface area contributed by atoms with Crippen LogP contribution in [0.1, 0.15) is 17.5 Å². The van der Waals surface area contributed by atoms with Gasteiger partial charge in [0, 0.05) is 38.3 Å². The van der Waals surface area contributed by atoms with Crippen LogP contribution in [-0.4, -0.2) is 60.9 Å². The van der Waals surface area contributed by atoms with E-state index in [0.717, 1.165) is 5.56 Å². The van der Waals surface area contributed by atoms with Crippen LogP contribution in [0.15, 0.2) is 40.8 Å². The van der Waals surface area contributed by atoms with Crippen molar-refractivity contribution >= 4 is 23.4 Å². The molecule has 0 atom stereocenters. The minimum Gasteiger partial charge on any atom is -0.451 e. The molecule has 1 aliphatic rings. The SMILES string of the molecule is CCNC(=O)CN1CCN(C(=O)c2ccc(-c3ccccc3Cl)o2)CC1. The lowest BCUT2D eigenvalue weighted by atomic mass is 10.2. The highest BCUT2D eigenvalue weighted by Crippen LogP contribution is 2.29. The van der Waals surface area contributed by atoms with Gasteiger partial charge in [-0.15, -0.1) is 0 Å². The molecule has 2 heterocycles. The van der Waals surface area contributed by atoms with Crippen LogP contribution >= 0.6 is 11.6 Å². The average Bonchev–Trinajstić information content (AvgIpc) is 3.12. The zero-order valence-electron chi connectivity index (χ0n) is 14.7. The molecule has 6 nitrogen and oxygen atoms in total. The number of benzene rings is 1. The van der Waals surface area contributed by atoms with Gasteiger partial charge < -0.3 is 14.6 Å². The number of likely N-dealkylation sites (N-methyl/N-ethyl adjacent to an activating group) is 1. The van der Waals surface area contributed by atoms with Gasteiger partial charge in [-0.1, -0.05) is 23.7 Å². The van der Waals surface area contributed by atoms with Crippen molar-refractivity contribution in [1.29, 1.82) is 0 Å². The molecule has 0 aliphatic carbocycles. The number of carbonyl (C=O) groups excluding carboxylic acids is 2. The molecule has 26 heavy (non-hydrogen) atoms. The number of amides is 2. The summed E-state index contributed by atoms with van der Waals surface area (Å²) in [6.45, 7) is 5.37. The minimum absolute atomic E-state index is 0.0164. The van der Waals surface area contributed by atoms with E-state index >= 15 is 0 Å². The van der Waals surface area contributed by atoms with Crippen LogP contribution in [0, 0.1) is 0 Å². The zero-order chi connectivity index (χ0) is 18.5. The third-order valence-corrected chi connectivity index (χ3v) is 4.69. The summed E-state index contributed by atoms with van der Waals surface area (Å²) in [5.74, 6) is 0.759. The normalized spacial score (nSPS) is 15.1. The molecule has 2 aromatic rings. The summed E-state index contributed by atoms with van der Waals surface area (Å²) in [5, 5.41) is 3.37. The Morgan fingerprint density at radius 1 is 1.12 bits per heavy atom. The fourth-order valence-electron chi connectivity index (χ4n) is 2.98. The summed E-state index contributed by atoms with van der Waals surface area (Å²) < 4.78 is 5.74. The molecule has 1 aromatic heterocycles. The Morgan fingerprint density at radius 3 is 2.54 bits per heavy atom. The number of nitrogens with zero attached hydrogens (tertiary/aromatic N) is 2. The van der Waals surface area contributed by atoms with Gasteiger partial charge in [0.2, 0.25) is 5.91 Å². The molecule has 1 aliphatic heterocycles. The van der Waals surface area contributed by atoms with Gasteiger partial charge in [-0.2, -0.15) is 0 Å². The largest absolute Gasteiger partial charge is 0.451 e. The van der Waals surface area contributed by atoms with Gasteiger partial charge in [-0.25, -0.2) is 0 Å². The molecule has 0 bridgehead atoms. The van der Waals surface area contributed by atoms with Gasteiger partial charge in [0.15, 0.2) is 5.76 Å². The van der Waals surface area contributed by atoms with E-state index in [1.54, 1.807) is 23.1 Å². The third-order valence-electron chi connectivity index (χ3n) is 4.36. The Kier molecular flexibility index (Phi) is 5.96. The number of furan rings is 1. The number of halogens is 1. The van der Waals surface area contributed by atoms with E-state index in [2.05, 4.69) is 5.32 Å². The number of carbonyl (C=O) groups is 2. The van der Waals surface area contributed by atoms with Gasteiger partial charge in [-0.05, 0) is 31.2 Å². The molecule has 138 valence electrons. The first-order valence-corrected chi connectivity index (χ1v) is 9.09. The zero-order valence-corrected chi connectivity index (χ0v) is 15.5. The molecule has 1 aromatic carbocycles. The van der Waals surface area contributed by atoms with Crippen LogP contribution in [-0.2, 0) is 4.79 Å². The molecule has 0 radical (unpaired) electrons. The summed E-state index contributed by atoms with van der Waals surface area (Å²) >= 11 is 6.18. The molecule has 0 spiro atoms. The van der Waals surface area contributed by atoms with E-state index in [4.69, 9.17) is 16.0 Å². The maximum Gasteiger partial charge on any atom is 0.289 e. The van der Waals surface area contributed by atoms with E-state index in [0.29, 0.717) is 55.8 Å². The first-order valence-electron chi connectivity index (χ1n) is 8.71. The number of hydrogen-bond acceptors (Lipinski definition) is 4. The Labute approximate surface area is 157 Å². The van der Waals surface area contributed by atoms with Crippen LogP contribution in [0.2, 0.25) is 5.02 Å². The molecule has 1 N–H and O–H groups in total. The molecular weight excluding hydrogens is 354 g/mol. The van der Waals surface area contributed by atoms with Crippen molar-refractivity contribution in [3.63, 3.8) is 0 Å². The van der Waals surface area contributed by atoms with Gasteiger partial charge >= 0.3 is 0 Å². The summed E-state index contributed by atoms with van der Waals surface area (Å²) in [5.41, 5.74) is 0.764. The monoisotopic (exact) mass is 375 g/mol. The maximum absolute atomic E-state index is 12.7. The van der Waals surface area contributed by atoms with Crippen LogP contribution in [0.5, 0.6) is 0 Å². The number of hydrogen-bond donors (Lipinski definition) is 1. The highest BCUT2D eigenvalue weighted by Gasteiger charge is 2.25. The smallest absolute Gasteiger partial charge is 0.289 e. The summed E-state index contributed by atoms with van der Waals surface area (Å²) in [7, 11) is 0. The molecule has 0 unspecified atom stereocenters. The Balaban J connectivity index is 1.59. The molecule has 7 heteroatoms. The first kappa shape index (κ1) is 18.5. The van der Waals surface area contributed by atoms with Crippen LogP contribution in [0.4, 0.5) is 0 Å². The van der Waals surface area contributed by atoms with E-state index < -0.39 is 0 Å². The van der Waals surface area contributed by atoms with E-state index in [9.17, 15) is 9.59 Å². The second-order valence-corrected chi connectivity index (χ2v) is 6.57. The molecule has 1 fully saturated rings. The summed E-state index contributed by atoms with van der Waals surface area (Å²) in [6, 6.07) is 10.8. The van der Waals surface area contributed by atoms with Gasteiger partial charge in [-0.3, -0.25) is 14.5 Å². The summed E-state index contributed by atoms with van der Waals surface area (Å²) in [6.07, 6.45) is 0. The van der Waals surface area contributed by atoms with Crippen molar-refractivity contribution in [2.24, 2.45) is 0 Å². The molecule has 3 rings (SSSR count). The lowest BCUT2D eigenvalue weighted by Gasteiger charge is -2.33. The number of piperazine rings is 1. The van der Waals surface area contributed by atoms with E-state index in [1.807, 2.05) is 30.0 Å². The van der Waals surface area contributed by atoms with Gasteiger partial charge in [0.1, 0.15) is 5.76 Å². The topological polar surface area (TPSA) is 65.8 Å². The van der Waals surface area contributed by atoms with Crippen molar-refractivity contribution in [3.05, 3.63) is 47.2 Å². The van der Waals surface area contributed by atoms with E-state index in [-0.39, 0.29) is 11.8 Å². The van der Waals surface area contributed by atoms with Crippen LogP contribution in [0.25, 0.3) is 11.3 Å². The van der Waals surface area contributed by atoms with Crippen molar-refractivity contribution in [3.8, 4) is 11.3 Å². The second kappa shape index (κ2) is 8.38. The molecule has 0 saturated carbocycles. The van der Waals surface area contributed by atoms with Crippen molar-refractivity contribution in [2.45, 2.75) is 6.92 Å². The quantitative estimate of drug-likeness (QED) is 0.872. The van der Waals surface area contributed by atoms with Crippen molar-refractivity contribution in [1.82, 2.24) is 15.1 Å². The third kappa shape index (κ3) is 4.26. The fourth-order valence-corrected chi connectivity index (χ4v) is 3.21. The van der Waals surface area contributed by atoms with Crippen molar-refractivity contribution in [2.75, 3.05) is 39.3 Å². The van der Waals surface area contributed by atoms with Gasteiger partial charge in [0.05, 0.1) is 11.6 Å². The van der Waals surface area contributed by atoms with Gasteiger partial charge in [0.25, 0.3) is 5.91 Å². The Hall–Kier alpha value is -2.31. The standard InChI is InChI=1S/C19H22ClN3O3/c1-2-21-18(24)13-22-9-11-23(12-10-22)19(25)17-8-7-16(26-17)14-5-3-4-6-15(14)20/h3-8H,2,9-13H2,1H3,(H,21,24). The first-order chi connectivity index (χ1) is 12.6. The number of rotatable bonds is 5. The van der Waals surface area contributed by atoms with Crippen LogP contribution < -0.4 is 5.32 Å². The number of nitrogens with one attached hydrogen (secondary N) is 1. The molecule has 1 saturated heterocycles. The van der Waals surface area contributed by atoms with Crippen molar-refractivity contribution < 1.29 is 14.0 Å². The Bertz CT molecular complexity index is 782. The lowest BCUT2D eigenvalue weighted by Crippen LogP contribution is -2.51. The summed E-state index contributed by atoms with van der Waals surface area (Å²) in [4.78, 5) is 28.1. The average molecular weight is 376 g/mol. The van der Waals surface area contributed by atoms with Crippen LogP contribution in [0.3, 0.4) is 0 Å². The molecule has 2 amide bonds. The predicted octanol–water partition coefficient (Wildman–Crippen LogP) is 2.49. The molecular formula is C19H22ClN3O3. The lowest BCUT2D eigenvalue weighted by molar-refractivity contribution is -0.122. The highest BCUT2D eigenvalue weighted by atomic mass is 35.5. The predicted molar refractivity (Wildman–Crippen MR) is 100 cm³/mol. The maximum atomic E-state index is 12.7. The fraction of sp³-hybridized carbons (Fsp3) is 0.368. The highest BCUT2D eigenvalue weighted by molar-refractivity contribution is 6.33.